The summed E-state index contributed by atoms with van der Waals surface area (Å²) in [5.41, 5.74) is 8.40. The van der Waals surface area contributed by atoms with Gasteiger partial charge in [-0.15, -0.1) is 0 Å². The molecule has 0 bridgehead atoms. The highest BCUT2D eigenvalue weighted by molar-refractivity contribution is 5.72. The fourth-order valence-corrected chi connectivity index (χ4v) is 1.95. The highest BCUT2D eigenvalue weighted by Crippen LogP contribution is 2.26. The fourth-order valence-electron chi connectivity index (χ4n) is 1.95. The third kappa shape index (κ3) is 2.86. The van der Waals surface area contributed by atoms with Gasteiger partial charge in [0.1, 0.15) is 5.75 Å². The van der Waals surface area contributed by atoms with Gasteiger partial charge in [0.2, 0.25) is 5.82 Å². The highest BCUT2D eigenvalue weighted by Gasteiger charge is 2.13. The molecular weight excluding hydrogens is 266 g/mol. The number of ether oxygens (including phenoxy) is 1. The van der Waals surface area contributed by atoms with Crippen LogP contribution < -0.4 is 10.5 Å². The van der Waals surface area contributed by atoms with E-state index in [1.807, 2.05) is 55.5 Å². The molecule has 0 aliphatic heterocycles. The Morgan fingerprint density at radius 2 is 1.90 bits per heavy atom. The number of rotatable bonds is 4. The molecule has 0 amide bonds. The van der Waals surface area contributed by atoms with Crippen LogP contribution in [0.2, 0.25) is 0 Å². The van der Waals surface area contributed by atoms with Crippen LogP contribution in [-0.4, -0.2) is 10.1 Å². The lowest BCUT2D eigenvalue weighted by Gasteiger charge is -2.03. The number of aryl methyl sites for hydroxylation is 1. The zero-order valence-electron chi connectivity index (χ0n) is 11.6. The molecule has 0 atom stereocenters. The van der Waals surface area contributed by atoms with Gasteiger partial charge in [-0.3, -0.25) is 0 Å². The minimum atomic E-state index is 0.249. The summed E-state index contributed by atoms with van der Waals surface area (Å²) in [6.07, 6.45) is 0. The Bertz CT molecular complexity index is 738. The van der Waals surface area contributed by atoms with Crippen molar-refractivity contribution < 1.29 is 9.26 Å². The second kappa shape index (κ2) is 5.66. The van der Waals surface area contributed by atoms with Crippen molar-refractivity contribution in [2.45, 2.75) is 13.5 Å². The molecule has 3 rings (SSSR count). The summed E-state index contributed by atoms with van der Waals surface area (Å²) < 4.78 is 10.8. The number of para-hydroxylation sites is 2. The van der Waals surface area contributed by atoms with Crippen molar-refractivity contribution in [3.8, 4) is 17.2 Å². The zero-order valence-corrected chi connectivity index (χ0v) is 11.6. The number of hydrogen-bond donors (Lipinski definition) is 1. The summed E-state index contributed by atoms with van der Waals surface area (Å²) in [6, 6.07) is 15.2. The van der Waals surface area contributed by atoms with Gasteiger partial charge in [-0.05, 0) is 30.7 Å². The van der Waals surface area contributed by atoms with E-state index < -0.39 is 0 Å². The number of hydrogen-bond acceptors (Lipinski definition) is 5. The van der Waals surface area contributed by atoms with Gasteiger partial charge >= 0.3 is 0 Å². The fraction of sp³-hybridized carbons (Fsp3) is 0.125. The molecule has 0 aliphatic rings. The lowest BCUT2D eigenvalue weighted by atomic mass is 10.1. The molecule has 0 radical (unpaired) electrons. The average molecular weight is 281 g/mol. The number of aromatic nitrogens is 2. The van der Waals surface area contributed by atoms with E-state index in [4.69, 9.17) is 15.0 Å². The van der Waals surface area contributed by atoms with E-state index in [1.165, 1.54) is 0 Å². The Morgan fingerprint density at radius 1 is 1.10 bits per heavy atom. The summed E-state index contributed by atoms with van der Waals surface area (Å²) in [6.45, 7) is 2.19. The number of anilines is 1. The minimum Gasteiger partial charge on any atom is -0.485 e. The molecule has 0 spiro atoms. The van der Waals surface area contributed by atoms with E-state index in [9.17, 15) is 0 Å². The Hall–Kier alpha value is -2.82. The lowest BCUT2D eigenvalue weighted by Crippen LogP contribution is -1.97. The first kappa shape index (κ1) is 13.2. The van der Waals surface area contributed by atoms with Crippen LogP contribution in [0.25, 0.3) is 11.5 Å². The maximum absolute atomic E-state index is 6.03. The van der Waals surface area contributed by atoms with Gasteiger partial charge in [0.25, 0.3) is 5.89 Å². The predicted molar refractivity (Wildman–Crippen MR) is 79.7 cm³/mol. The van der Waals surface area contributed by atoms with Gasteiger partial charge in [-0.1, -0.05) is 35.5 Å². The molecule has 0 fully saturated rings. The van der Waals surface area contributed by atoms with Crippen molar-refractivity contribution >= 4 is 5.69 Å². The lowest BCUT2D eigenvalue weighted by molar-refractivity contribution is 0.287. The van der Waals surface area contributed by atoms with Crippen molar-refractivity contribution in [3.05, 3.63) is 59.9 Å². The van der Waals surface area contributed by atoms with Crippen LogP contribution in [0.1, 0.15) is 11.4 Å². The van der Waals surface area contributed by atoms with Crippen LogP contribution in [0, 0.1) is 6.92 Å². The highest BCUT2D eigenvalue weighted by atomic mass is 16.5. The Balaban J connectivity index is 1.76. The summed E-state index contributed by atoms with van der Waals surface area (Å²) in [7, 11) is 0. The summed E-state index contributed by atoms with van der Waals surface area (Å²) >= 11 is 0. The van der Waals surface area contributed by atoms with Gasteiger partial charge in [-0.25, -0.2) is 0 Å². The number of benzene rings is 2. The number of nitrogens with two attached hydrogens (primary N) is 1. The van der Waals surface area contributed by atoms with Crippen molar-refractivity contribution in [3.63, 3.8) is 0 Å². The van der Waals surface area contributed by atoms with E-state index in [2.05, 4.69) is 10.1 Å². The van der Waals surface area contributed by atoms with Crippen molar-refractivity contribution in [2.75, 3.05) is 5.73 Å². The first-order valence-corrected chi connectivity index (χ1v) is 6.60. The average Bonchev–Trinajstić information content (AvgIpc) is 2.98. The largest absolute Gasteiger partial charge is 0.485 e. The molecule has 21 heavy (non-hydrogen) atoms. The van der Waals surface area contributed by atoms with E-state index >= 15 is 0 Å². The van der Waals surface area contributed by atoms with E-state index in [1.54, 1.807) is 0 Å². The maximum atomic E-state index is 6.03. The Labute approximate surface area is 122 Å². The second-order valence-corrected chi connectivity index (χ2v) is 4.65. The second-order valence-electron chi connectivity index (χ2n) is 4.65. The molecule has 0 aliphatic carbocycles. The summed E-state index contributed by atoms with van der Waals surface area (Å²) in [4.78, 5) is 4.31. The zero-order chi connectivity index (χ0) is 14.7. The number of nitrogens with zero attached hydrogens (tertiary/aromatic N) is 2. The number of nitrogen functional groups attached to an aromatic ring is 1. The molecule has 2 N–H and O–H groups in total. The third-order valence-electron chi connectivity index (χ3n) is 3.13. The Kier molecular flexibility index (Phi) is 3.55. The molecule has 3 aromatic rings. The molecule has 2 aromatic carbocycles. The molecular formula is C16H15N3O2. The third-order valence-corrected chi connectivity index (χ3v) is 3.13. The van der Waals surface area contributed by atoms with Crippen LogP contribution in [0.15, 0.2) is 53.1 Å². The SMILES string of the molecule is Cc1cccc(-c2nc(COc3ccccc3)no2)c1N. The van der Waals surface area contributed by atoms with E-state index in [0.717, 1.165) is 16.9 Å². The van der Waals surface area contributed by atoms with Crippen LogP contribution >= 0.6 is 0 Å². The van der Waals surface area contributed by atoms with Crippen molar-refractivity contribution in [1.82, 2.24) is 10.1 Å². The van der Waals surface area contributed by atoms with Gasteiger partial charge in [0.05, 0.1) is 5.56 Å². The van der Waals surface area contributed by atoms with Crippen LogP contribution in [0.3, 0.4) is 0 Å². The molecule has 5 heteroatoms. The standard InChI is InChI=1S/C16H15N3O2/c1-11-6-5-9-13(15(11)17)16-18-14(19-21-16)10-20-12-7-3-2-4-8-12/h2-9H,10,17H2,1H3. The molecule has 5 nitrogen and oxygen atoms in total. The summed E-state index contributed by atoms with van der Waals surface area (Å²) in [5, 5.41) is 3.91. The molecule has 106 valence electrons. The van der Waals surface area contributed by atoms with Crippen LogP contribution in [0.5, 0.6) is 5.75 Å². The smallest absolute Gasteiger partial charge is 0.260 e. The monoisotopic (exact) mass is 281 g/mol. The Morgan fingerprint density at radius 3 is 2.71 bits per heavy atom. The van der Waals surface area contributed by atoms with E-state index in [-0.39, 0.29) is 6.61 Å². The molecule has 0 saturated carbocycles. The molecule has 1 heterocycles. The van der Waals surface area contributed by atoms with Gasteiger partial charge in [0, 0.05) is 5.69 Å². The molecule has 0 unspecified atom stereocenters. The van der Waals surface area contributed by atoms with Crippen LogP contribution in [0.4, 0.5) is 5.69 Å². The molecule has 1 aromatic heterocycles. The first-order valence-electron chi connectivity index (χ1n) is 6.60. The van der Waals surface area contributed by atoms with Crippen molar-refractivity contribution in [2.24, 2.45) is 0 Å². The quantitative estimate of drug-likeness (QED) is 0.743. The van der Waals surface area contributed by atoms with Gasteiger partial charge in [-0.2, -0.15) is 4.98 Å². The minimum absolute atomic E-state index is 0.249. The maximum Gasteiger partial charge on any atom is 0.260 e. The summed E-state index contributed by atoms with van der Waals surface area (Å²) in [5.74, 6) is 1.65. The van der Waals surface area contributed by atoms with Crippen LogP contribution in [-0.2, 0) is 6.61 Å². The van der Waals surface area contributed by atoms with E-state index in [0.29, 0.717) is 17.4 Å². The van der Waals surface area contributed by atoms with Gasteiger partial charge < -0.3 is 15.0 Å². The topological polar surface area (TPSA) is 74.2 Å². The predicted octanol–water partition coefficient (Wildman–Crippen LogP) is 3.21. The normalized spacial score (nSPS) is 10.5. The first-order chi connectivity index (χ1) is 10.2. The van der Waals surface area contributed by atoms with Gasteiger partial charge in [0.15, 0.2) is 6.61 Å². The molecule has 0 saturated heterocycles. The van der Waals surface area contributed by atoms with Crippen molar-refractivity contribution in [1.29, 1.82) is 0 Å².